The highest BCUT2D eigenvalue weighted by Crippen LogP contribution is 2.28. The Balaban J connectivity index is 1.37. The molecule has 1 amide bonds. The van der Waals surface area contributed by atoms with Gasteiger partial charge in [-0.3, -0.25) is 9.69 Å². The van der Waals surface area contributed by atoms with Crippen LogP contribution >= 0.6 is 0 Å². The molecule has 130 valence electrons. The van der Waals surface area contributed by atoms with Crippen molar-refractivity contribution in [2.75, 3.05) is 39.3 Å². The first-order valence-electron chi connectivity index (χ1n) is 8.58. The Bertz CT molecular complexity index is 596. The first kappa shape index (κ1) is 16.9. The maximum Gasteiger partial charge on any atom is 0.341 e. The van der Waals surface area contributed by atoms with Crippen molar-refractivity contribution < 1.29 is 18.7 Å². The zero-order valence-corrected chi connectivity index (χ0v) is 13.7. The molecule has 1 saturated heterocycles. The van der Waals surface area contributed by atoms with Gasteiger partial charge in [-0.15, -0.1) is 0 Å². The van der Waals surface area contributed by atoms with Gasteiger partial charge in [0.15, 0.2) is 0 Å². The molecule has 0 unspecified atom stereocenters. The zero-order chi connectivity index (χ0) is 16.9. The van der Waals surface area contributed by atoms with Crippen LogP contribution in [0.2, 0.25) is 0 Å². The van der Waals surface area contributed by atoms with Gasteiger partial charge in [0, 0.05) is 38.6 Å². The predicted octanol–water partition coefficient (Wildman–Crippen LogP) is 1.93. The van der Waals surface area contributed by atoms with Crippen LogP contribution in [0.15, 0.2) is 24.3 Å². The smallest absolute Gasteiger partial charge is 0.341 e. The molecule has 5 nitrogen and oxygen atoms in total. The van der Waals surface area contributed by atoms with Gasteiger partial charge in [-0.1, -0.05) is 18.6 Å². The molecule has 3 rings (SSSR count). The number of hydrogen-bond donors (Lipinski definition) is 0. The van der Waals surface area contributed by atoms with E-state index >= 15 is 0 Å². The summed E-state index contributed by atoms with van der Waals surface area (Å²) < 4.78 is 18.6. The standard InChI is InChI=1S/C18H23FN2O3/c19-16-7-2-1-6-15(16)18(23)24-13-12-20-8-10-21(11-9-20)17(22)14-4-3-5-14/h1-2,6-7,14H,3-5,8-13H2. The Kier molecular flexibility index (Phi) is 5.45. The maximum atomic E-state index is 13.5. The van der Waals surface area contributed by atoms with Crippen molar-refractivity contribution in [3.05, 3.63) is 35.6 Å². The van der Waals surface area contributed by atoms with E-state index in [0.29, 0.717) is 12.5 Å². The van der Waals surface area contributed by atoms with Gasteiger partial charge in [0.1, 0.15) is 12.4 Å². The highest BCUT2D eigenvalue weighted by Gasteiger charge is 2.31. The van der Waals surface area contributed by atoms with E-state index in [1.807, 2.05) is 4.90 Å². The number of rotatable bonds is 5. The van der Waals surface area contributed by atoms with E-state index in [1.165, 1.54) is 24.6 Å². The third-order valence-electron chi connectivity index (χ3n) is 4.87. The van der Waals surface area contributed by atoms with Gasteiger partial charge in [-0.2, -0.15) is 0 Å². The van der Waals surface area contributed by atoms with Crippen molar-refractivity contribution in [1.82, 2.24) is 9.80 Å². The second kappa shape index (κ2) is 7.75. The number of piperazine rings is 1. The van der Waals surface area contributed by atoms with Crippen LogP contribution in [0.3, 0.4) is 0 Å². The summed E-state index contributed by atoms with van der Waals surface area (Å²) >= 11 is 0. The lowest BCUT2D eigenvalue weighted by Crippen LogP contribution is -2.51. The lowest BCUT2D eigenvalue weighted by molar-refractivity contribution is -0.140. The first-order chi connectivity index (χ1) is 11.6. The highest BCUT2D eigenvalue weighted by molar-refractivity contribution is 5.89. The van der Waals surface area contributed by atoms with E-state index in [9.17, 15) is 14.0 Å². The van der Waals surface area contributed by atoms with Crippen LogP contribution in [0.25, 0.3) is 0 Å². The quantitative estimate of drug-likeness (QED) is 0.772. The largest absolute Gasteiger partial charge is 0.461 e. The number of ether oxygens (including phenoxy) is 1. The summed E-state index contributed by atoms with van der Waals surface area (Å²) in [6, 6.07) is 5.81. The van der Waals surface area contributed by atoms with Gasteiger partial charge in [-0.25, -0.2) is 9.18 Å². The van der Waals surface area contributed by atoms with E-state index in [0.717, 1.165) is 39.0 Å². The fourth-order valence-electron chi connectivity index (χ4n) is 3.08. The molecule has 0 bridgehead atoms. The molecule has 0 N–H and O–H groups in total. The van der Waals surface area contributed by atoms with Gasteiger partial charge in [-0.05, 0) is 25.0 Å². The first-order valence-corrected chi connectivity index (χ1v) is 8.58. The molecule has 24 heavy (non-hydrogen) atoms. The van der Waals surface area contributed by atoms with E-state index in [2.05, 4.69) is 4.90 Å². The molecule has 0 aromatic heterocycles. The second-order valence-corrected chi connectivity index (χ2v) is 6.41. The van der Waals surface area contributed by atoms with E-state index in [4.69, 9.17) is 4.74 Å². The summed E-state index contributed by atoms with van der Waals surface area (Å²) in [5.74, 6) is -0.650. The lowest BCUT2D eigenvalue weighted by atomic mass is 9.84. The zero-order valence-electron chi connectivity index (χ0n) is 13.7. The topological polar surface area (TPSA) is 49.9 Å². The molecule has 1 aromatic carbocycles. The number of carbonyl (C=O) groups is 2. The Morgan fingerprint density at radius 2 is 1.83 bits per heavy atom. The average molecular weight is 334 g/mol. The van der Waals surface area contributed by atoms with Gasteiger partial charge in [0.25, 0.3) is 0 Å². The number of amides is 1. The summed E-state index contributed by atoms with van der Waals surface area (Å²) in [4.78, 5) is 28.1. The summed E-state index contributed by atoms with van der Waals surface area (Å²) in [6.45, 7) is 3.87. The van der Waals surface area contributed by atoms with Crippen LogP contribution in [0.4, 0.5) is 4.39 Å². The van der Waals surface area contributed by atoms with Crippen molar-refractivity contribution in [2.45, 2.75) is 19.3 Å². The molecule has 0 spiro atoms. The number of halogens is 1. The number of benzene rings is 1. The van der Waals surface area contributed by atoms with E-state index < -0.39 is 11.8 Å². The molecule has 1 aromatic rings. The third-order valence-corrected chi connectivity index (χ3v) is 4.87. The van der Waals surface area contributed by atoms with Crippen LogP contribution in [0.1, 0.15) is 29.6 Å². The molecule has 1 aliphatic carbocycles. The minimum atomic E-state index is -0.633. The van der Waals surface area contributed by atoms with Crippen molar-refractivity contribution in [3.63, 3.8) is 0 Å². The predicted molar refractivity (Wildman–Crippen MR) is 87.0 cm³/mol. The summed E-state index contributed by atoms with van der Waals surface area (Å²) in [7, 11) is 0. The molecule has 1 aliphatic heterocycles. The number of hydrogen-bond acceptors (Lipinski definition) is 4. The van der Waals surface area contributed by atoms with Gasteiger partial charge in [0.05, 0.1) is 5.56 Å². The van der Waals surface area contributed by atoms with Crippen LogP contribution in [0, 0.1) is 11.7 Å². The van der Waals surface area contributed by atoms with E-state index in [1.54, 1.807) is 6.07 Å². The molecule has 1 saturated carbocycles. The van der Waals surface area contributed by atoms with E-state index in [-0.39, 0.29) is 18.1 Å². The van der Waals surface area contributed by atoms with Crippen molar-refractivity contribution in [1.29, 1.82) is 0 Å². The number of esters is 1. The van der Waals surface area contributed by atoms with Gasteiger partial charge < -0.3 is 9.64 Å². The Hall–Kier alpha value is -1.95. The Morgan fingerprint density at radius 3 is 2.46 bits per heavy atom. The van der Waals surface area contributed by atoms with Crippen LogP contribution in [-0.2, 0) is 9.53 Å². The normalized spacial score (nSPS) is 19.0. The average Bonchev–Trinajstić information content (AvgIpc) is 2.54. The lowest BCUT2D eigenvalue weighted by Gasteiger charge is -2.38. The Labute approximate surface area is 141 Å². The number of carbonyl (C=O) groups excluding carboxylic acids is 2. The van der Waals surface area contributed by atoms with Crippen molar-refractivity contribution in [2.24, 2.45) is 5.92 Å². The summed E-state index contributed by atoms with van der Waals surface area (Å²) in [5, 5.41) is 0. The second-order valence-electron chi connectivity index (χ2n) is 6.41. The molecular weight excluding hydrogens is 311 g/mol. The van der Waals surface area contributed by atoms with Crippen molar-refractivity contribution in [3.8, 4) is 0 Å². The Morgan fingerprint density at radius 1 is 1.12 bits per heavy atom. The van der Waals surface area contributed by atoms with Gasteiger partial charge in [0.2, 0.25) is 5.91 Å². The highest BCUT2D eigenvalue weighted by atomic mass is 19.1. The molecule has 0 radical (unpaired) electrons. The summed E-state index contributed by atoms with van der Waals surface area (Å²) in [6.07, 6.45) is 3.24. The van der Waals surface area contributed by atoms with Crippen LogP contribution < -0.4 is 0 Å². The number of nitrogens with zero attached hydrogens (tertiary/aromatic N) is 2. The molecular formula is C18H23FN2O3. The minimum absolute atomic E-state index is 0.0339. The molecule has 0 atom stereocenters. The molecule has 2 aliphatic rings. The van der Waals surface area contributed by atoms with Crippen LogP contribution in [-0.4, -0.2) is 61.0 Å². The fourth-order valence-corrected chi connectivity index (χ4v) is 3.08. The monoisotopic (exact) mass is 334 g/mol. The minimum Gasteiger partial charge on any atom is -0.461 e. The van der Waals surface area contributed by atoms with Crippen molar-refractivity contribution >= 4 is 11.9 Å². The molecule has 6 heteroatoms. The van der Waals surface area contributed by atoms with Crippen LogP contribution in [0.5, 0.6) is 0 Å². The molecule has 1 heterocycles. The third kappa shape index (κ3) is 3.93. The summed E-state index contributed by atoms with van der Waals surface area (Å²) in [5.41, 5.74) is -0.0339. The van der Waals surface area contributed by atoms with Gasteiger partial charge >= 0.3 is 5.97 Å². The maximum absolute atomic E-state index is 13.5. The SMILES string of the molecule is O=C(OCCN1CCN(C(=O)C2CCC2)CC1)c1ccccc1F. The molecule has 2 fully saturated rings. The fraction of sp³-hybridized carbons (Fsp3) is 0.556.